The number of hydrogen-bond acceptors (Lipinski definition) is 6. The molecule has 1 atom stereocenters. The average Bonchev–Trinajstić information content (AvgIpc) is 2.82. The number of nitrogens with one attached hydrogen (secondary N) is 1. The number of sulfone groups is 1. The van der Waals surface area contributed by atoms with E-state index in [0.29, 0.717) is 30.5 Å². The van der Waals surface area contributed by atoms with Gasteiger partial charge in [-0.25, -0.2) is 18.4 Å². The Morgan fingerprint density at radius 2 is 1.92 bits per heavy atom. The van der Waals surface area contributed by atoms with Gasteiger partial charge in [-0.2, -0.15) is 0 Å². The van der Waals surface area contributed by atoms with Crippen molar-refractivity contribution in [3.05, 3.63) is 18.1 Å². The van der Waals surface area contributed by atoms with Gasteiger partial charge < -0.3 is 10.2 Å². The molecule has 0 spiro atoms. The SMILES string of the molecule is CCN(C(=O)c1cc(NC2CCCCCC2)ncn1)C1CCS(=O)(=O)C1. The molecular formula is C18H28N4O3S. The van der Waals surface area contributed by atoms with Crippen LogP contribution in [0.1, 0.15) is 62.4 Å². The molecule has 1 unspecified atom stereocenters. The quantitative estimate of drug-likeness (QED) is 0.788. The van der Waals surface area contributed by atoms with E-state index in [0.717, 1.165) is 12.8 Å². The largest absolute Gasteiger partial charge is 0.367 e. The molecule has 0 bridgehead atoms. The Kier molecular flexibility index (Phi) is 6.11. The Bertz CT molecular complexity index is 730. The van der Waals surface area contributed by atoms with E-state index < -0.39 is 9.84 Å². The van der Waals surface area contributed by atoms with E-state index in [1.54, 1.807) is 11.0 Å². The molecule has 7 nitrogen and oxygen atoms in total. The number of amides is 1. The van der Waals surface area contributed by atoms with Gasteiger partial charge in [0, 0.05) is 24.7 Å². The Labute approximate surface area is 155 Å². The minimum absolute atomic E-state index is 0.0465. The molecule has 1 aromatic rings. The zero-order valence-electron chi connectivity index (χ0n) is 15.4. The molecule has 2 heterocycles. The summed E-state index contributed by atoms with van der Waals surface area (Å²) in [6.07, 6.45) is 9.14. The Morgan fingerprint density at radius 1 is 1.19 bits per heavy atom. The number of aromatic nitrogens is 2. The third-order valence-electron chi connectivity index (χ3n) is 5.34. The molecule has 1 saturated heterocycles. The maximum atomic E-state index is 12.9. The van der Waals surface area contributed by atoms with E-state index in [4.69, 9.17) is 0 Å². The smallest absolute Gasteiger partial charge is 0.272 e. The van der Waals surface area contributed by atoms with E-state index in [1.165, 1.54) is 32.0 Å². The molecular weight excluding hydrogens is 352 g/mol. The summed E-state index contributed by atoms with van der Waals surface area (Å²) < 4.78 is 23.5. The Balaban J connectivity index is 1.70. The molecule has 26 heavy (non-hydrogen) atoms. The van der Waals surface area contributed by atoms with Crippen LogP contribution in [0.2, 0.25) is 0 Å². The first kappa shape index (κ1) is 19.1. The van der Waals surface area contributed by atoms with Crippen molar-refractivity contribution in [2.24, 2.45) is 0 Å². The van der Waals surface area contributed by atoms with Crippen LogP contribution in [0, 0.1) is 0 Å². The van der Waals surface area contributed by atoms with E-state index in [-0.39, 0.29) is 23.5 Å². The first-order chi connectivity index (χ1) is 12.5. The molecule has 1 aliphatic heterocycles. The Hall–Kier alpha value is -1.70. The minimum atomic E-state index is -3.04. The molecule has 8 heteroatoms. The number of carbonyl (C=O) groups excluding carboxylic acids is 1. The maximum absolute atomic E-state index is 12.9. The highest BCUT2D eigenvalue weighted by Crippen LogP contribution is 2.22. The van der Waals surface area contributed by atoms with Gasteiger partial charge in [-0.1, -0.05) is 25.7 Å². The summed E-state index contributed by atoms with van der Waals surface area (Å²) >= 11 is 0. The van der Waals surface area contributed by atoms with Crippen molar-refractivity contribution < 1.29 is 13.2 Å². The van der Waals surface area contributed by atoms with Gasteiger partial charge in [0.15, 0.2) is 9.84 Å². The van der Waals surface area contributed by atoms with Crippen LogP contribution in [0.4, 0.5) is 5.82 Å². The fourth-order valence-electron chi connectivity index (χ4n) is 3.92. The normalized spacial score (nSPS) is 23.3. The third-order valence-corrected chi connectivity index (χ3v) is 7.09. The van der Waals surface area contributed by atoms with Crippen molar-refractivity contribution in [3.8, 4) is 0 Å². The average molecular weight is 381 g/mol. The van der Waals surface area contributed by atoms with Crippen LogP contribution in [0.25, 0.3) is 0 Å². The van der Waals surface area contributed by atoms with Gasteiger partial charge in [-0.15, -0.1) is 0 Å². The van der Waals surface area contributed by atoms with Crippen molar-refractivity contribution in [2.45, 2.75) is 64.0 Å². The van der Waals surface area contributed by atoms with E-state index >= 15 is 0 Å². The van der Waals surface area contributed by atoms with E-state index in [1.807, 2.05) is 6.92 Å². The molecule has 1 aromatic heterocycles. The van der Waals surface area contributed by atoms with Gasteiger partial charge in [0.25, 0.3) is 5.91 Å². The lowest BCUT2D eigenvalue weighted by Gasteiger charge is -2.26. The summed E-state index contributed by atoms with van der Waals surface area (Å²) in [5.74, 6) is 0.649. The maximum Gasteiger partial charge on any atom is 0.272 e. The predicted molar refractivity (Wildman–Crippen MR) is 101 cm³/mol. The second-order valence-electron chi connectivity index (χ2n) is 7.27. The molecule has 2 fully saturated rings. The van der Waals surface area contributed by atoms with E-state index in [9.17, 15) is 13.2 Å². The molecule has 1 aliphatic carbocycles. The lowest BCUT2D eigenvalue weighted by molar-refractivity contribution is 0.0702. The van der Waals surface area contributed by atoms with Gasteiger partial charge in [-0.05, 0) is 26.2 Å². The fourth-order valence-corrected chi connectivity index (χ4v) is 5.65. The van der Waals surface area contributed by atoms with Crippen LogP contribution in [-0.4, -0.2) is 59.3 Å². The standard InChI is InChI=1S/C18H28N4O3S/c1-2-22(15-9-10-26(24,25)12-15)18(23)16-11-17(20-13-19-16)21-14-7-5-3-4-6-8-14/h11,13-15H,2-10,12H2,1H3,(H,19,20,21). The van der Waals surface area contributed by atoms with Gasteiger partial charge in [0.2, 0.25) is 0 Å². The summed E-state index contributed by atoms with van der Waals surface area (Å²) in [6, 6.07) is 1.82. The highest BCUT2D eigenvalue weighted by molar-refractivity contribution is 7.91. The molecule has 2 aliphatic rings. The van der Waals surface area contributed by atoms with Gasteiger partial charge in [0.05, 0.1) is 11.5 Å². The number of rotatable bonds is 5. The summed E-state index contributed by atoms with van der Waals surface area (Å²) in [7, 11) is -3.04. The van der Waals surface area contributed by atoms with E-state index in [2.05, 4.69) is 15.3 Å². The molecule has 3 rings (SSSR count). The third kappa shape index (κ3) is 4.72. The highest BCUT2D eigenvalue weighted by atomic mass is 32.2. The Morgan fingerprint density at radius 3 is 2.54 bits per heavy atom. The summed E-state index contributed by atoms with van der Waals surface area (Å²) in [4.78, 5) is 22.9. The van der Waals surface area contributed by atoms with Crippen LogP contribution >= 0.6 is 0 Å². The van der Waals surface area contributed by atoms with Crippen LogP contribution in [-0.2, 0) is 9.84 Å². The van der Waals surface area contributed by atoms with Crippen molar-refractivity contribution >= 4 is 21.6 Å². The van der Waals surface area contributed by atoms with Crippen LogP contribution in [0.15, 0.2) is 12.4 Å². The number of anilines is 1. The van der Waals surface area contributed by atoms with Crippen molar-refractivity contribution in [1.82, 2.24) is 14.9 Å². The first-order valence-corrected chi connectivity index (χ1v) is 11.4. The molecule has 0 aromatic carbocycles. The first-order valence-electron chi connectivity index (χ1n) is 9.58. The van der Waals surface area contributed by atoms with Crippen LogP contribution in [0.3, 0.4) is 0 Å². The summed E-state index contributed by atoms with van der Waals surface area (Å²) in [6.45, 7) is 2.34. The van der Waals surface area contributed by atoms with Crippen molar-refractivity contribution in [2.75, 3.05) is 23.4 Å². The lowest BCUT2D eigenvalue weighted by Crippen LogP contribution is -2.41. The minimum Gasteiger partial charge on any atom is -0.367 e. The molecule has 1 saturated carbocycles. The predicted octanol–water partition coefficient (Wildman–Crippen LogP) is 2.26. The molecule has 1 amide bonds. The molecule has 1 N–H and O–H groups in total. The zero-order valence-corrected chi connectivity index (χ0v) is 16.2. The molecule has 0 radical (unpaired) electrons. The number of hydrogen-bond donors (Lipinski definition) is 1. The summed E-state index contributed by atoms with van der Waals surface area (Å²) in [5, 5.41) is 3.44. The highest BCUT2D eigenvalue weighted by Gasteiger charge is 2.34. The zero-order chi connectivity index (χ0) is 18.6. The van der Waals surface area contributed by atoms with Gasteiger partial charge in [-0.3, -0.25) is 4.79 Å². The van der Waals surface area contributed by atoms with Crippen molar-refractivity contribution in [1.29, 1.82) is 0 Å². The molecule has 144 valence electrons. The number of carbonyl (C=O) groups is 1. The fraction of sp³-hybridized carbons (Fsp3) is 0.722. The van der Waals surface area contributed by atoms with Crippen LogP contribution in [0.5, 0.6) is 0 Å². The lowest BCUT2D eigenvalue weighted by atomic mass is 10.1. The van der Waals surface area contributed by atoms with Crippen LogP contribution < -0.4 is 5.32 Å². The second-order valence-corrected chi connectivity index (χ2v) is 9.50. The van der Waals surface area contributed by atoms with Crippen molar-refractivity contribution in [3.63, 3.8) is 0 Å². The summed E-state index contributed by atoms with van der Waals surface area (Å²) in [5.41, 5.74) is 0.322. The van der Waals surface area contributed by atoms with Gasteiger partial charge >= 0.3 is 0 Å². The number of nitrogens with zero attached hydrogens (tertiary/aromatic N) is 3. The van der Waals surface area contributed by atoms with Gasteiger partial charge in [0.1, 0.15) is 17.8 Å². The monoisotopic (exact) mass is 380 g/mol. The topological polar surface area (TPSA) is 92.3 Å². The second kappa shape index (κ2) is 8.33.